The number of fused-ring (bicyclic) bond motifs is 1. The van der Waals surface area contributed by atoms with E-state index >= 15 is 0 Å². The Morgan fingerprint density at radius 1 is 1.06 bits per heavy atom. The minimum Gasteiger partial charge on any atom is -0.442 e. The summed E-state index contributed by atoms with van der Waals surface area (Å²) >= 11 is 0. The molecule has 1 aromatic heterocycles. The van der Waals surface area contributed by atoms with Crippen LogP contribution in [-0.4, -0.2) is 77.5 Å². The predicted octanol–water partition coefficient (Wildman–Crippen LogP) is 4.62. The molecular weight excluding hydrogens is 653 g/mol. The average Bonchev–Trinajstić information content (AvgIpc) is 3.62. The van der Waals surface area contributed by atoms with Crippen molar-refractivity contribution in [2.75, 3.05) is 18.2 Å². The lowest BCUT2D eigenvalue weighted by Gasteiger charge is -2.42. The summed E-state index contributed by atoms with van der Waals surface area (Å²) in [4.78, 5) is 41.4. The van der Waals surface area contributed by atoms with Gasteiger partial charge in [0.05, 0.1) is 39.8 Å². The fourth-order valence-corrected chi connectivity index (χ4v) is 6.84. The van der Waals surface area contributed by atoms with Crippen molar-refractivity contribution in [1.29, 1.82) is 5.26 Å². The maximum atomic E-state index is 14.9. The SMILES string of the molecule is CC(C)(C)OC(=O)n1ncc2c(C#N)c(NNC(=O)[C@H]3C[C@@H](F)CN3C(=O)C3(c4ccc(S(C)(=O)=O)cc4)CCC(F)(F)CC3)ccc21. The van der Waals surface area contributed by atoms with Crippen LogP contribution in [0.2, 0.25) is 0 Å². The second-order valence-corrected chi connectivity index (χ2v) is 15.2. The molecule has 16 heteroatoms. The average molecular weight is 689 g/mol. The van der Waals surface area contributed by atoms with E-state index in [0.717, 1.165) is 15.8 Å². The molecule has 2 atom stereocenters. The van der Waals surface area contributed by atoms with Gasteiger partial charge < -0.3 is 9.64 Å². The van der Waals surface area contributed by atoms with Crippen molar-refractivity contribution in [3.05, 3.63) is 53.7 Å². The van der Waals surface area contributed by atoms with E-state index in [1.165, 1.54) is 42.6 Å². The van der Waals surface area contributed by atoms with Crippen LogP contribution >= 0.6 is 0 Å². The van der Waals surface area contributed by atoms with E-state index in [4.69, 9.17) is 4.74 Å². The molecule has 2 amide bonds. The fraction of sp³-hybridized carbons (Fsp3) is 0.469. The van der Waals surface area contributed by atoms with E-state index in [1.807, 2.05) is 6.07 Å². The summed E-state index contributed by atoms with van der Waals surface area (Å²) in [5.41, 5.74) is 3.48. The Labute approximate surface area is 275 Å². The van der Waals surface area contributed by atoms with Crippen molar-refractivity contribution >= 4 is 44.3 Å². The molecule has 1 aliphatic carbocycles. The quantitative estimate of drug-likeness (QED) is 0.352. The van der Waals surface area contributed by atoms with Gasteiger partial charge in [-0.2, -0.15) is 15.0 Å². The third-order valence-corrected chi connectivity index (χ3v) is 9.77. The van der Waals surface area contributed by atoms with Gasteiger partial charge in [0.2, 0.25) is 11.8 Å². The van der Waals surface area contributed by atoms with Crippen LogP contribution in [0.3, 0.4) is 0 Å². The molecule has 5 rings (SSSR count). The molecule has 2 fully saturated rings. The second-order valence-electron chi connectivity index (χ2n) is 13.2. The molecule has 2 heterocycles. The molecule has 1 saturated carbocycles. The van der Waals surface area contributed by atoms with Crippen LogP contribution in [0.15, 0.2) is 47.5 Å². The van der Waals surface area contributed by atoms with E-state index in [2.05, 4.69) is 16.0 Å². The van der Waals surface area contributed by atoms with Crippen molar-refractivity contribution in [2.45, 2.75) is 86.9 Å². The van der Waals surface area contributed by atoms with Crippen LogP contribution in [0.1, 0.15) is 64.0 Å². The molecule has 0 radical (unpaired) electrons. The van der Waals surface area contributed by atoms with Crippen LogP contribution in [0.25, 0.3) is 10.9 Å². The number of carbonyl (C=O) groups is 3. The molecule has 0 unspecified atom stereocenters. The van der Waals surface area contributed by atoms with Crippen LogP contribution < -0.4 is 10.9 Å². The highest BCUT2D eigenvalue weighted by Crippen LogP contribution is 2.47. The van der Waals surface area contributed by atoms with Crippen LogP contribution in [0, 0.1) is 11.3 Å². The van der Waals surface area contributed by atoms with E-state index in [9.17, 15) is 41.2 Å². The molecule has 2 aromatic carbocycles. The first kappa shape index (κ1) is 34.7. The number of anilines is 1. The van der Waals surface area contributed by atoms with Crippen molar-refractivity contribution in [3.8, 4) is 6.07 Å². The third kappa shape index (κ3) is 6.82. The Morgan fingerprint density at radius 2 is 1.71 bits per heavy atom. The zero-order valence-corrected chi connectivity index (χ0v) is 27.5. The minimum absolute atomic E-state index is 0.0181. The van der Waals surface area contributed by atoms with Gasteiger partial charge in [0.15, 0.2) is 9.84 Å². The minimum atomic E-state index is -3.58. The van der Waals surface area contributed by atoms with E-state index in [1.54, 1.807) is 20.8 Å². The Morgan fingerprint density at radius 3 is 2.29 bits per heavy atom. The van der Waals surface area contributed by atoms with E-state index < -0.39 is 76.3 Å². The van der Waals surface area contributed by atoms with Gasteiger partial charge in [0.1, 0.15) is 23.9 Å². The van der Waals surface area contributed by atoms with Crippen molar-refractivity contribution in [3.63, 3.8) is 0 Å². The lowest BCUT2D eigenvalue weighted by atomic mass is 9.67. The molecule has 2 N–H and O–H groups in total. The van der Waals surface area contributed by atoms with Gasteiger partial charge in [0, 0.05) is 30.9 Å². The topological polar surface area (TPSA) is 163 Å². The maximum absolute atomic E-state index is 14.9. The number of nitrogens with zero attached hydrogens (tertiary/aromatic N) is 4. The van der Waals surface area contributed by atoms with Gasteiger partial charge in [0.25, 0.3) is 5.91 Å². The number of sulfone groups is 1. The fourth-order valence-electron chi connectivity index (χ4n) is 6.21. The zero-order valence-electron chi connectivity index (χ0n) is 26.7. The van der Waals surface area contributed by atoms with Crippen LogP contribution in [-0.2, 0) is 29.6 Å². The molecular formula is C32H35F3N6O6S. The summed E-state index contributed by atoms with van der Waals surface area (Å²) in [6.45, 7) is 4.63. The first-order chi connectivity index (χ1) is 22.3. The van der Waals surface area contributed by atoms with E-state index in [0.29, 0.717) is 5.56 Å². The summed E-state index contributed by atoms with van der Waals surface area (Å²) in [6.07, 6.45) is -2.21. The lowest BCUT2D eigenvalue weighted by Crippen LogP contribution is -2.55. The van der Waals surface area contributed by atoms with Crippen molar-refractivity contribution < 1.29 is 40.7 Å². The number of amides is 2. The summed E-state index contributed by atoms with van der Waals surface area (Å²) in [5, 5.41) is 14.2. The number of benzene rings is 2. The third-order valence-electron chi connectivity index (χ3n) is 8.64. The number of hydrazine groups is 1. The largest absolute Gasteiger partial charge is 0.442 e. The molecule has 3 aromatic rings. The number of rotatable bonds is 6. The summed E-state index contributed by atoms with van der Waals surface area (Å²) in [7, 11) is -3.58. The lowest BCUT2D eigenvalue weighted by molar-refractivity contribution is -0.147. The van der Waals surface area contributed by atoms with Gasteiger partial charge in [-0.1, -0.05) is 12.1 Å². The van der Waals surface area contributed by atoms with Crippen molar-refractivity contribution in [1.82, 2.24) is 20.1 Å². The zero-order chi connectivity index (χ0) is 35.2. The Hall–Kier alpha value is -4.65. The predicted molar refractivity (Wildman–Crippen MR) is 168 cm³/mol. The first-order valence-electron chi connectivity index (χ1n) is 15.2. The summed E-state index contributed by atoms with van der Waals surface area (Å²) in [6, 6.07) is 9.00. The van der Waals surface area contributed by atoms with Crippen LogP contribution in [0.4, 0.5) is 23.7 Å². The Kier molecular flexibility index (Phi) is 8.97. The number of halogens is 3. The number of nitriles is 1. The van der Waals surface area contributed by atoms with Gasteiger partial charge >= 0.3 is 6.09 Å². The highest BCUT2D eigenvalue weighted by molar-refractivity contribution is 7.90. The van der Waals surface area contributed by atoms with Crippen molar-refractivity contribution in [2.24, 2.45) is 0 Å². The Balaban J connectivity index is 1.39. The number of alkyl halides is 3. The number of ether oxygens (including phenoxy) is 1. The van der Waals surface area contributed by atoms with Gasteiger partial charge in [-0.3, -0.25) is 20.4 Å². The summed E-state index contributed by atoms with van der Waals surface area (Å²) in [5.74, 6) is -4.53. The number of likely N-dealkylation sites (tertiary alicyclic amines) is 1. The number of carbonyl (C=O) groups excluding carboxylic acids is 3. The van der Waals surface area contributed by atoms with Crippen LogP contribution in [0.5, 0.6) is 0 Å². The molecule has 0 spiro atoms. The molecule has 0 bridgehead atoms. The number of nitrogens with one attached hydrogen (secondary N) is 2. The first-order valence-corrected chi connectivity index (χ1v) is 17.1. The van der Waals surface area contributed by atoms with Gasteiger partial charge in [-0.05, 0) is 63.4 Å². The molecule has 1 saturated heterocycles. The molecule has 2 aliphatic rings. The Bertz CT molecular complexity index is 1910. The molecule has 256 valence electrons. The highest BCUT2D eigenvalue weighted by atomic mass is 32.2. The monoisotopic (exact) mass is 688 g/mol. The number of aromatic nitrogens is 2. The highest BCUT2D eigenvalue weighted by Gasteiger charge is 2.53. The smallest absolute Gasteiger partial charge is 0.435 e. The summed E-state index contributed by atoms with van der Waals surface area (Å²) < 4.78 is 74.0. The molecule has 1 aliphatic heterocycles. The van der Waals surface area contributed by atoms with Gasteiger partial charge in [-0.15, -0.1) is 0 Å². The number of hydrogen-bond donors (Lipinski definition) is 2. The normalized spacial score (nSPS) is 20.6. The van der Waals surface area contributed by atoms with E-state index in [-0.39, 0.29) is 46.3 Å². The van der Waals surface area contributed by atoms with Gasteiger partial charge in [-0.25, -0.2) is 26.4 Å². The molecule has 48 heavy (non-hydrogen) atoms. The standard InChI is InChI=1S/C32H35F3N6O6S/c1-30(2,3)47-29(44)41-25-10-9-24(22(16-36)23(25)17-37-41)38-39-27(42)26-15-20(33)18-40(26)28(43)31(11-13-32(34,35)14-12-31)19-5-7-21(8-6-19)48(4,45)46/h5-10,17,20,26,38H,11-15,18H2,1-4H3,(H,39,42)/t20-,26-/m1/s1. The maximum Gasteiger partial charge on any atom is 0.435 e. The molecule has 12 nitrogen and oxygen atoms in total. The number of hydrogen-bond acceptors (Lipinski definition) is 9. The second kappa shape index (κ2) is 12.4.